The molecule has 2 fully saturated rings. The van der Waals surface area contributed by atoms with Crippen molar-refractivity contribution in [1.29, 1.82) is 0 Å². The summed E-state index contributed by atoms with van der Waals surface area (Å²) in [6.07, 6.45) is 7.39. The number of hydrogen-bond acceptors (Lipinski definition) is 5. The molecule has 0 spiro atoms. The van der Waals surface area contributed by atoms with Gasteiger partial charge in [-0.3, -0.25) is 0 Å². The minimum absolute atomic E-state index is 0.278. The molecule has 5 nitrogen and oxygen atoms in total. The zero-order valence-corrected chi connectivity index (χ0v) is 15.4. The van der Waals surface area contributed by atoms with E-state index in [1.54, 1.807) is 0 Å². The van der Waals surface area contributed by atoms with Crippen LogP contribution in [-0.4, -0.2) is 34.0 Å². The number of piperidine rings is 1. The summed E-state index contributed by atoms with van der Waals surface area (Å²) >= 11 is 0. The van der Waals surface area contributed by atoms with Gasteiger partial charge >= 0.3 is 0 Å². The van der Waals surface area contributed by atoms with Crippen LogP contribution in [0.2, 0.25) is 0 Å². The molecule has 3 heterocycles. The first-order chi connectivity index (χ1) is 12.6. The molecule has 4 atom stereocenters. The third-order valence-corrected chi connectivity index (χ3v) is 7.06. The van der Waals surface area contributed by atoms with Crippen molar-refractivity contribution >= 4 is 11.8 Å². The van der Waals surface area contributed by atoms with E-state index in [4.69, 9.17) is 11.5 Å². The van der Waals surface area contributed by atoms with E-state index in [1.807, 2.05) is 0 Å². The van der Waals surface area contributed by atoms with Gasteiger partial charge in [0.25, 0.3) is 0 Å². The van der Waals surface area contributed by atoms with E-state index >= 15 is 0 Å². The summed E-state index contributed by atoms with van der Waals surface area (Å²) in [7, 11) is 2.30. The Morgan fingerprint density at radius 3 is 2.50 bits per heavy atom. The number of hydrogen-bond donors (Lipinski definition) is 2. The summed E-state index contributed by atoms with van der Waals surface area (Å²) in [5.41, 5.74) is 17.1. The molecule has 2 bridgehead atoms. The molecule has 0 amide bonds. The molecule has 26 heavy (non-hydrogen) atoms. The molecule has 1 aliphatic carbocycles. The molecule has 2 aliphatic heterocycles. The average Bonchev–Trinajstić information content (AvgIpc) is 2.81. The summed E-state index contributed by atoms with van der Waals surface area (Å²) < 4.78 is 0. The monoisotopic (exact) mass is 349 g/mol. The fourth-order valence-corrected chi connectivity index (χ4v) is 5.75. The van der Waals surface area contributed by atoms with Crippen molar-refractivity contribution in [1.82, 2.24) is 14.9 Å². The quantitative estimate of drug-likeness (QED) is 0.826. The van der Waals surface area contributed by atoms with E-state index in [-0.39, 0.29) is 5.95 Å². The van der Waals surface area contributed by atoms with E-state index in [0.717, 1.165) is 36.2 Å². The fourth-order valence-electron chi connectivity index (χ4n) is 5.75. The fraction of sp³-hybridized carbons (Fsp3) is 0.524. The summed E-state index contributed by atoms with van der Waals surface area (Å²) in [5, 5.41) is 0. The molecule has 136 valence electrons. The topological polar surface area (TPSA) is 81.1 Å². The van der Waals surface area contributed by atoms with E-state index in [9.17, 15) is 0 Å². The van der Waals surface area contributed by atoms with Gasteiger partial charge in [-0.05, 0) is 63.0 Å². The predicted molar refractivity (Wildman–Crippen MR) is 105 cm³/mol. The van der Waals surface area contributed by atoms with Crippen molar-refractivity contribution in [3.63, 3.8) is 0 Å². The highest BCUT2D eigenvalue weighted by molar-refractivity contribution is 5.73. The largest absolute Gasteiger partial charge is 0.383 e. The number of benzene rings is 1. The highest BCUT2D eigenvalue weighted by Crippen LogP contribution is 2.49. The van der Waals surface area contributed by atoms with Crippen molar-refractivity contribution in [3.8, 4) is 11.3 Å². The number of aromatic nitrogens is 2. The zero-order chi connectivity index (χ0) is 17.8. The maximum Gasteiger partial charge on any atom is 0.222 e. The first-order valence-corrected chi connectivity index (χ1v) is 9.85. The number of aryl methyl sites for hydroxylation is 1. The standard InChI is InChI=1S/C21H27N5/c1-26-14-7-8-15(26)11-13(10-14)16-9-6-12-4-2-3-5-17(12)19-18(16)20(22)25-21(23)24-19/h2-5,13-16H,6-11H2,1H3,(H4,22,23,24,25)/t13?,14-,15+,16?. The molecule has 4 N–H and O–H groups in total. The van der Waals surface area contributed by atoms with Gasteiger partial charge in [-0.1, -0.05) is 24.3 Å². The lowest BCUT2D eigenvalue weighted by Gasteiger charge is -2.40. The van der Waals surface area contributed by atoms with Crippen molar-refractivity contribution in [2.75, 3.05) is 18.5 Å². The number of nitrogens with zero attached hydrogens (tertiary/aromatic N) is 3. The Balaban J connectivity index is 1.61. The highest BCUT2D eigenvalue weighted by atomic mass is 15.2. The summed E-state index contributed by atoms with van der Waals surface area (Å²) in [5.74, 6) is 1.95. The van der Waals surface area contributed by atoms with Gasteiger partial charge in [-0.25, -0.2) is 4.98 Å². The van der Waals surface area contributed by atoms with Crippen molar-refractivity contribution in [3.05, 3.63) is 35.4 Å². The predicted octanol–water partition coefficient (Wildman–Crippen LogP) is 3.21. The second-order valence-electron chi connectivity index (χ2n) is 8.31. The molecule has 0 saturated carbocycles. The molecule has 2 unspecified atom stereocenters. The maximum absolute atomic E-state index is 6.44. The van der Waals surface area contributed by atoms with Gasteiger partial charge in [0, 0.05) is 23.2 Å². The molecule has 0 radical (unpaired) electrons. The lowest BCUT2D eigenvalue weighted by molar-refractivity contribution is 0.118. The van der Waals surface area contributed by atoms with Crippen molar-refractivity contribution < 1.29 is 0 Å². The third-order valence-electron chi connectivity index (χ3n) is 7.06. The van der Waals surface area contributed by atoms with Crippen molar-refractivity contribution in [2.45, 2.75) is 56.5 Å². The lowest BCUT2D eigenvalue weighted by Crippen LogP contribution is -2.41. The van der Waals surface area contributed by atoms with Gasteiger partial charge in [0.1, 0.15) is 5.82 Å². The van der Waals surface area contributed by atoms with Gasteiger partial charge in [0.05, 0.1) is 5.69 Å². The molecular weight excluding hydrogens is 322 g/mol. The Kier molecular flexibility index (Phi) is 3.67. The highest BCUT2D eigenvalue weighted by Gasteiger charge is 2.43. The minimum atomic E-state index is 0.278. The van der Waals surface area contributed by atoms with Crippen LogP contribution in [0.15, 0.2) is 24.3 Å². The van der Waals surface area contributed by atoms with Crippen LogP contribution in [0.4, 0.5) is 11.8 Å². The maximum atomic E-state index is 6.44. The molecule has 2 saturated heterocycles. The normalized spacial score (nSPS) is 30.5. The molecule has 1 aromatic carbocycles. The zero-order valence-electron chi connectivity index (χ0n) is 15.4. The molecule has 5 rings (SSSR count). The van der Waals surface area contributed by atoms with Crippen LogP contribution in [0.3, 0.4) is 0 Å². The molecule has 3 aliphatic rings. The van der Waals surface area contributed by atoms with Gasteiger partial charge in [-0.2, -0.15) is 4.98 Å². The van der Waals surface area contributed by atoms with E-state index < -0.39 is 0 Å². The van der Waals surface area contributed by atoms with Gasteiger partial charge in [-0.15, -0.1) is 0 Å². The first kappa shape index (κ1) is 16.1. The summed E-state index contributed by atoms with van der Waals surface area (Å²) in [6, 6.07) is 10.0. The Morgan fingerprint density at radius 2 is 1.73 bits per heavy atom. The Hall–Kier alpha value is -2.14. The molecule has 2 aromatic rings. The van der Waals surface area contributed by atoms with Crippen LogP contribution in [0.1, 0.15) is 49.1 Å². The summed E-state index contributed by atoms with van der Waals surface area (Å²) in [6.45, 7) is 0. The molecule has 5 heteroatoms. The van der Waals surface area contributed by atoms with Crippen molar-refractivity contribution in [2.24, 2.45) is 5.92 Å². The van der Waals surface area contributed by atoms with Crippen LogP contribution in [0.25, 0.3) is 11.3 Å². The van der Waals surface area contributed by atoms with Crippen LogP contribution in [-0.2, 0) is 6.42 Å². The molecular formula is C21H27N5. The average molecular weight is 349 g/mol. The van der Waals surface area contributed by atoms with E-state index in [0.29, 0.717) is 17.7 Å². The van der Waals surface area contributed by atoms with Gasteiger partial charge in [0.2, 0.25) is 5.95 Å². The van der Waals surface area contributed by atoms with Crippen LogP contribution in [0.5, 0.6) is 0 Å². The van der Waals surface area contributed by atoms with Crippen LogP contribution >= 0.6 is 0 Å². The number of anilines is 2. The minimum Gasteiger partial charge on any atom is -0.383 e. The SMILES string of the molecule is CN1[C@@H]2CC[C@H]1CC(C1CCc3ccccc3-c3nc(N)nc(N)c31)C2. The van der Waals surface area contributed by atoms with Crippen LogP contribution in [0, 0.1) is 5.92 Å². The summed E-state index contributed by atoms with van der Waals surface area (Å²) in [4.78, 5) is 11.6. The van der Waals surface area contributed by atoms with Gasteiger partial charge in [0.15, 0.2) is 0 Å². The Bertz CT molecular complexity index is 834. The number of nitrogen functional groups attached to an aromatic ring is 2. The third kappa shape index (κ3) is 2.41. The number of rotatable bonds is 1. The Labute approximate surface area is 154 Å². The second kappa shape index (κ2) is 5.95. The van der Waals surface area contributed by atoms with E-state index in [1.165, 1.54) is 36.8 Å². The molecule has 1 aromatic heterocycles. The smallest absolute Gasteiger partial charge is 0.222 e. The van der Waals surface area contributed by atoms with E-state index in [2.05, 4.69) is 46.2 Å². The first-order valence-electron chi connectivity index (χ1n) is 9.85. The second-order valence-corrected chi connectivity index (χ2v) is 8.31. The Morgan fingerprint density at radius 1 is 1.00 bits per heavy atom. The van der Waals surface area contributed by atoms with Gasteiger partial charge < -0.3 is 16.4 Å². The van der Waals surface area contributed by atoms with Crippen LogP contribution < -0.4 is 11.5 Å². The number of fused-ring (bicyclic) bond motifs is 5. The lowest BCUT2D eigenvalue weighted by atomic mass is 9.75. The number of nitrogens with two attached hydrogens (primary N) is 2.